The van der Waals surface area contributed by atoms with Crippen LogP contribution in [0.5, 0.6) is 0 Å². The lowest BCUT2D eigenvalue weighted by molar-refractivity contribution is 0.0637. The molecule has 1 aliphatic rings. The molecular formula is C20H19ClN2OS. The molecule has 3 nitrogen and oxygen atoms in total. The van der Waals surface area contributed by atoms with E-state index in [1.54, 1.807) is 0 Å². The van der Waals surface area contributed by atoms with Crippen LogP contribution in [0.25, 0.3) is 21.5 Å². The molecule has 1 atom stereocenters. The molecule has 0 radical (unpaired) electrons. The molecule has 0 aliphatic carbocycles. The van der Waals surface area contributed by atoms with Crippen LogP contribution < -0.4 is 0 Å². The van der Waals surface area contributed by atoms with E-state index in [0.717, 1.165) is 50.8 Å². The quantitative estimate of drug-likeness (QED) is 0.585. The van der Waals surface area contributed by atoms with Gasteiger partial charge in [-0.2, -0.15) is 0 Å². The normalized spacial score (nSPS) is 17.8. The van der Waals surface area contributed by atoms with Crippen LogP contribution in [0.1, 0.15) is 36.5 Å². The standard InChI is InChI=1S/C20H19ClN2OS/c1-13-6-4-5-11-23(13)20(24)15-12-17(18-9-10-19(21)25-18)22-16-8-3-2-7-14(15)16/h2-3,7-10,12-13H,4-6,11H2,1H3/t13-/m0/s1. The number of nitrogens with zero attached hydrogens (tertiary/aromatic N) is 2. The summed E-state index contributed by atoms with van der Waals surface area (Å²) in [6.07, 6.45) is 3.34. The first-order chi connectivity index (χ1) is 12.1. The number of para-hydroxylation sites is 1. The second kappa shape index (κ2) is 6.77. The number of piperidine rings is 1. The van der Waals surface area contributed by atoms with Gasteiger partial charge >= 0.3 is 0 Å². The molecule has 1 aromatic carbocycles. The van der Waals surface area contributed by atoms with E-state index in [9.17, 15) is 4.79 Å². The van der Waals surface area contributed by atoms with Gasteiger partial charge in [0.25, 0.3) is 5.91 Å². The van der Waals surface area contributed by atoms with Crippen LogP contribution in [-0.2, 0) is 0 Å². The number of carbonyl (C=O) groups excluding carboxylic acids is 1. The van der Waals surface area contributed by atoms with E-state index in [1.807, 2.05) is 47.4 Å². The second-order valence-electron chi connectivity index (χ2n) is 6.52. The first-order valence-corrected chi connectivity index (χ1v) is 9.79. The number of thiophene rings is 1. The molecule has 128 valence electrons. The van der Waals surface area contributed by atoms with Crippen molar-refractivity contribution in [2.24, 2.45) is 0 Å². The molecule has 1 amide bonds. The van der Waals surface area contributed by atoms with Crippen LogP contribution in [0.15, 0.2) is 42.5 Å². The number of amides is 1. The van der Waals surface area contributed by atoms with Gasteiger partial charge in [-0.1, -0.05) is 29.8 Å². The number of hydrogen-bond donors (Lipinski definition) is 0. The number of aromatic nitrogens is 1. The third kappa shape index (κ3) is 3.16. The lowest BCUT2D eigenvalue weighted by atomic mass is 10.00. The lowest BCUT2D eigenvalue weighted by Crippen LogP contribution is -2.42. The van der Waals surface area contributed by atoms with Crippen molar-refractivity contribution in [2.45, 2.75) is 32.2 Å². The van der Waals surface area contributed by atoms with Crippen LogP contribution in [0.4, 0.5) is 0 Å². The molecule has 3 aromatic rings. The molecule has 4 rings (SSSR count). The summed E-state index contributed by atoms with van der Waals surface area (Å²) in [5.74, 6) is 0.106. The Morgan fingerprint density at radius 2 is 2.08 bits per heavy atom. The fourth-order valence-electron chi connectivity index (χ4n) is 3.49. The van der Waals surface area contributed by atoms with E-state index >= 15 is 0 Å². The molecule has 1 saturated heterocycles. The molecule has 3 heterocycles. The average molecular weight is 371 g/mol. The number of halogens is 1. The van der Waals surface area contributed by atoms with E-state index in [-0.39, 0.29) is 11.9 Å². The van der Waals surface area contributed by atoms with Gasteiger partial charge in [-0.3, -0.25) is 4.79 Å². The number of rotatable bonds is 2. The minimum atomic E-state index is 0.106. The molecule has 25 heavy (non-hydrogen) atoms. The van der Waals surface area contributed by atoms with Gasteiger partial charge < -0.3 is 4.90 Å². The zero-order valence-electron chi connectivity index (χ0n) is 14.0. The third-order valence-electron chi connectivity index (χ3n) is 4.84. The topological polar surface area (TPSA) is 33.2 Å². The maximum atomic E-state index is 13.3. The highest BCUT2D eigenvalue weighted by molar-refractivity contribution is 7.19. The monoisotopic (exact) mass is 370 g/mol. The number of benzene rings is 1. The van der Waals surface area contributed by atoms with E-state index in [2.05, 4.69) is 6.92 Å². The van der Waals surface area contributed by atoms with Gasteiger partial charge in [-0.25, -0.2) is 4.98 Å². The van der Waals surface area contributed by atoms with E-state index in [4.69, 9.17) is 16.6 Å². The summed E-state index contributed by atoms with van der Waals surface area (Å²) in [6.45, 7) is 2.97. The van der Waals surface area contributed by atoms with Gasteiger partial charge in [0.05, 0.1) is 26.0 Å². The van der Waals surface area contributed by atoms with E-state index in [1.165, 1.54) is 17.8 Å². The third-order valence-corrected chi connectivity index (χ3v) is 6.09. The molecular weight excluding hydrogens is 352 g/mol. The molecule has 0 saturated carbocycles. The van der Waals surface area contributed by atoms with Gasteiger partial charge in [-0.15, -0.1) is 11.3 Å². The molecule has 5 heteroatoms. The minimum absolute atomic E-state index is 0.106. The average Bonchev–Trinajstić information content (AvgIpc) is 3.07. The van der Waals surface area contributed by atoms with Crippen molar-refractivity contribution in [3.63, 3.8) is 0 Å². The molecule has 0 spiro atoms. The Labute approximate surface area is 156 Å². The summed E-state index contributed by atoms with van der Waals surface area (Å²) >= 11 is 7.57. The summed E-state index contributed by atoms with van der Waals surface area (Å²) in [4.78, 5) is 21.0. The molecule has 1 aliphatic heterocycles. The maximum absolute atomic E-state index is 13.3. The Balaban J connectivity index is 1.85. The highest BCUT2D eigenvalue weighted by Gasteiger charge is 2.26. The lowest BCUT2D eigenvalue weighted by Gasteiger charge is -2.33. The summed E-state index contributed by atoms with van der Waals surface area (Å²) in [5, 5.41) is 0.914. The second-order valence-corrected chi connectivity index (χ2v) is 8.23. The van der Waals surface area contributed by atoms with Crippen LogP contribution in [-0.4, -0.2) is 28.4 Å². The van der Waals surface area contributed by atoms with Crippen molar-refractivity contribution < 1.29 is 4.79 Å². The summed E-state index contributed by atoms with van der Waals surface area (Å²) in [5.41, 5.74) is 2.39. The van der Waals surface area contributed by atoms with Crippen molar-refractivity contribution >= 4 is 39.7 Å². The highest BCUT2D eigenvalue weighted by Crippen LogP contribution is 2.33. The van der Waals surface area contributed by atoms with E-state index < -0.39 is 0 Å². The van der Waals surface area contributed by atoms with Crippen molar-refractivity contribution in [3.05, 3.63) is 52.4 Å². The number of pyridine rings is 1. The van der Waals surface area contributed by atoms with Gasteiger partial charge in [0.15, 0.2) is 0 Å². The number of likely N-dealkylation sites (tertiary alicyclic amines) is 1. The predicted molar refractivity (Wildman–Crippen MR) is 104 cm³/mol. The number of carbonyl (C=O) groups is 1. The van der Waals surface area contributed by atoms with Crippen molar-refractivity contribution in [3.8, 4) is 10.6 Å². The Bertz CT molecular complexity index is 936. The summed E-state index contributed by atoms with van der Waals surface area (Å²) in [7, 11) is 0. The van der Waals surface area contributed by atoms with Crippen LogP contribution in [0.2, 0.25) is 4.34 Å². The van der Waals surface area contributed by atoms with Gasteiger partial charge in [0.2, 0.25) is 0 Å². The Kier molecular flexibility index (Phi) is 4.48. The molecule has 0 bridgehead atoms. The first kappa shape index (κ1) is 16.6. The molecule has 2 aromatic heterocycles. The minimum Gasteiger partial charge on any atom is -0.336 e. The SMILES string of the molecule is C[C@H]1CCCCN1C(=O)c1cc(-c2ccc(Cl)s2)nc2ccccc12. The van der Waals surface area contributed by atoms with Crippen molar-refractivity contribution in [2.75, 3.05) is 6.54 Å². The largest absolute Gasteiger partial charge is 0.336 e. The van der Waals surface area contributed by atoms with Gasteiger partial charge in [0, 0.05) is 18.0 Å². The predicted octanol–water partition coefficient (Wildman–Crippen LogP) is 5.63. The Morgan fingerprint density at radius 3 is 2.84 bits per heavy atom. The van der Waals surface area contributed by atoms with Gasteiger partial charge in [0.1, 0.15) is 0 Å². The Morgan fingerprint density at radius 1 is 1.24 bits per heavy atom. The van der Waals surface area contributed by atoms with Crippen molar-refractivity contribution in [1.29, 1.82) is 0 Å². The van der Waals surface area contributed by atoms with Crippen LogP contribution in [0.3, 0.4) is 0 Å². The zero-order chi connectivity index (χ0) is 17.4. The number of fused-ring (bicyclic) bond motifs is 1. The number of hydrogen-bond acceptors (Lipinski definition) is 3. The highest BCUT2D eigenvalue weighted by atomic mass is 35.5. The Hall–Kier alpha value is -1.91. The molecule has 1 fully saturated rings. The van der Waals surface area contributed by atoms with Crippen LogP contribution >= 0.6 is 22.9 Å². The zero-order valence-corrected chi connectivity index (χ0v) is 15.6. The maximum Gasteiger partial charge on any atom is 0.254 e. The first-order valence-electron chi connectivity index (χ1n) is 8.60. The van der Waals surface area contributed by atoms with Gasteiger partial charge in [-0.05, 0) is 50.5 Å². The molecule has 0 unspecified atom stereocenters. The summed E-state index contributed by atoms with van der Waals surface area (Å²) in [6, 6.07) is 13.9. The fraction of sp³-hybridized carbons (Fsp3) is 0.300. The van der Waals surface area contributed by atoms with Crippen molar-refractivity contribution in [1.82, 2.24) is 9.88 Å². The van der Waals surface area contributed by atoms with Crippen LogP contribution in [0, 0.1) is 0 Å². The van der Waals surface area contributed by atoms with E-state index in [0.29, 0.717) is 0 Å². The molecule has 0 N–H and O–H groups in total. The summed E-state index contributed by atoms with van der Waals surface area (Å²) < 4.78 is 0.725. The fourth-order valence-corrected chi connectivity index (χ4v) is 4.49. The smallest absolute Gasteiger partial charge is 0.254 e.